The monoisotopic (exact) mass is 829 g/mol. The molecule has 1 saturated heterocycles. The summed E-state index contributed by atoms with van der Waals surface area (Å²) in [7, 11) is 0. The lowest BCUT2D eigenvalue weighted by atomic mass is 10.1. The maximum absolute atomic E-state index is 12.7. The summed E-state index contributed by atoms with van der Waals surface area (Å²) in [5.74, 6) is 0.544. The Hall–Kier alpha value is -2.12. The van der Waals surface area contributed by atoms with E-state index in [-0.39, 0.29) is 11.9 Å². The van der Waals surface area contributed by atoms with Crippen molar-refractivity contribution in [1.82, 2.24) is 9.80 Å². The van der Waals surface area contributed by atoms with Gasteiger partial charge in [-0.3, -0.25) is 19.4 Å². The molecule has 0 bridgehead atoms. The van der Waals surface area contributed by atoms with Crippen LogP contribution in [0.25, 0.3) is 0 Å². The third-order valence-electron chi connectivity index (χ3n) is 11.7. The third-order valence-corrected chi connectivity index (χ3v) is 11.7. The molecule has 0 aromatic rings. The van der Waals surface area contributed by atoms with Crippen LogP contribution < -0.4 is 0 Å². The molecular weight excluding hydrogens is 733 g/mol. The molecular formula is C52H96N2O5. The van der Waals surface area contributed by atoms with Crippen LogP contribution in [0.2, 0.25) is 0 Å². The summed E-state index contributed by atoms with van der Waals surface area (Å²) in [6, 6.07) is 0. The Morgan fingerprint density at radius 1 is 0.475 bits per heavy atom. The normalized spacial score (nSPS) is 13.7. The van der Waals surface area contributed by atoms with E-state index in [1.54, 1.807) is 0 Å². The number of allylic oxidation sites excluding steroid dienone is 5. The van der Waals surface area contributed by atoms with Gasteiger partial charge in [-0.05, 0) is 90.1 Å². The number of hydrogen-bond donors (Lipinski definition) is 0. The fourth-order valence-corrected chi connectivity index (χ4v) is 7.79. The van der Waals surface area contributed by atoms with Crippen LogP contribution in [0, 0.1) is 0 Å². The van der Waals surface area contributed by atoms with Crippen molar-refractivity contribution >= 4 is 11.9 Å². The van der Waals surface area contributed by atoms with E-state index in [0.29, 0.717) is 52.3 Å². The maximum atomic E-state index is 12.7. The Kier molecular flexibility index (Phi) is 40.9. The highest BCUT2D eigenvalue weighted by atomic mass is 16.5. The minimum Gasteiger partial charge on any atom is -0.497 e. The summed E-state index contributed by atoms with van der Waals surface area (Å²) in [4.78, 5) is 29.7. The first-order valence-corrected chi connectivity index (χ1v) is 25.4. The Bertz CT molecular complexity index is 947. The highest BCUT2D eigenvalue weighted by Crippen LogP contribution is 2.14. The van der Waals surface area contributed by atoms with E-state index in [0.717, 1.165) is 51.1 Å². The maximum Gasteiger partial charge on any atom is 0.307 e. The SMILES string of the molecule is C=C(CCCCCCC/C=C\CCCCCCCC)OCCN(CCOC(=O)CCCCCCC/C=C\CCCCCCCC)CCC(=O)OCCN1CCCCCC1. The molecule has 0 saturated carbocycles. The van der Waals surface area contributed by atoms with Crippen LogP contribution in [-0.2, 0) is 23.8 Å². The highest BCUT2D eigenvalue weighted by molar-refractivity contribution is 5.69. The topological polar surface area (TPSA) is 68.3 Å². The largest absolute Gasteiger partial charge is 0.497 e. The zero-order valence-corrected chi connectivity index (χ0v) is 39.2. The summed E-state index contributed by atoms with van der Waals surface area (Å²) in [5.41, 5.74) is 0. The fraction of sp³-hybridized carbons (Fsp3) is 0.846. The molecule has 1 rings (SSSR count). The van der Waals surface area contributed by atoms with Crippen molar-refractivity contribution in [3.05, 3.63) is 36.6 Å². The standard InChI is InChI=1S/C52H96N2O5/c1-4-6-8-10-12-14-16-18-20-22-24-26-28-30-34-38-50(3)57-47-44-54(43-40-52(56)59-48-45-53-41-36-32-33-37-42-53)46-49-58-51(55)39-35-31-29-27-25-23-21-19-17-15-13-11-9-7-5-2/h18-21H,3-17,22-49H2,1-2H3/b20-18-,21-19-. The smallest absolute Gasteiger partial charge is 0.307 e. The first kappa shape index (κ1) is 54.9. The number of likely N-dealkylation sites (tertiary alicyclic amines) is 1. The molecule has 0 aromatic carbocycles. The van der Waals surface area contributed by atoms with Gasteiger partial charge < -0.3 is 14.2 Å². The molecule has 1 heterocycles. The van der Waals surface area contributed by atoms with E-state index in [2.05, 4.69) is 54.5 Å². The molecule has 1 aliphatic heterocycles. The predicted molar refractivity (Wildman–Crippen MR) is 252 cm³/mol. The summed E-state index contributed by atoms with van der Waals surface area (Å²) in [6.07, 6.45) is 49.1. The van der Waals surface area contributed by atoms with E-state index in [1.165, 1.54) is 173 Å². The highest BCUT2D eigenvalue weighted by Gasteiger charge is 2.13. The van der Waals surface area contributed by atoms with Gasteiger partial charge in [-0.15, -0.1) is 0 Å². The van der Waals surface area contributed by atoms with Crippen molar-refractivity contribution < 1.29 is 23.8 Å². The minimum absolute atomic E-state index is 0.125. The molecule has 0 radical (unpaired) electrons. The number of esters is 2. The molecule has 0 amide bonds. The van der Waals surface area contributed by atoms with Gasteiger partial charge >= 0.3 is 11.9 Å². The molecule has 0 aliphatic carbocycles. The van der Waals surface area contributed by atoms with Gasteiger partial charge in [-0.2, -0.15) is 0 Å². The Morgan fingerprint density at radius 2 is 0.881 bits per heavy atom. The quantitative estimate of drug-likeness (QED) is 0.0262. The van der Waals surface area contributed by atoms with Crippen molar-refractivity contribution in [2.24, 2.45) is 0 Å². The number of hydrogen-bond acceptors (Lipinski definition) is 7. The number of carbonyl (C=O) groups is 2. The van der Waals surface area contributed by atoms with Crippen molar-refractivity contribution in [3.63, 3.8) is 0 Å². The van der Waals surface area contributed by atoms with Crippen molar-refractivity contribution in [2.45, 2.75) is 226 Å². The van der Waals surface area contributed by atoms with Crippen LogP contribution in [0.4, 0.5) is 0 Å². The second-order valence-electron chi connectivity index (χ2n) is 17.3. The number of unbranched alkanes of at least 4 members (excludes halogenated alkanes) is 22. The van der Waals surface area contributed by atoms with Crippen molar-refractivity contribution in [3.8, 4) is 0 Å². The fourth-order valence-electron chi connectivity index (χ4n) is 7.79. The van der Waals surface area contributed by atoms with Crippen molar-refractivity contribution in [2.75, 3.05) is 59.1 Å². The van der Waals surface area contributed by atoms with Gasteiger partial charge in [-0.25, -0.2) is 0 Å². The van der Waals surface area contributed by atoms with Gasteiger partial charge in [0.1, 0.15) is 19.8 Å². The number of carbonyl (C=O) groups excluding carboxylic acids is 2. The zero-order chi connectivity index (χ0) is 42.5. The third kappa shape index (κ3) is 39.8. The number of nitrogens with zero attached hydrogens (tertiary/aromatic N) is 2. The Balaban J connectivity index is 2.24. The van der Waals surface area contributed by atoms with Crippen LogP contribution >= 0.6 is 0 Å². The average Bonchev–Trinajstić information content (AvgIpc) is 3.51. The first-order chi connectivity index (χ1) is 29.0. The van der Waals surface area contributed by atoms with Crippen molar-refractivity contribution in [1.29, 1.82) is 0 Å². The average molecular weight is 829 g/mol. The van der Waals surface area contributed by atoms with E-state index in [4.69, 9.17) is 14.2 Å². The lowest BCUT2D eigenvalue weighted by Crippen LogP contribution is -2.34. The van der Waals surface area contributed by atoms with Crippen LogP contribution in [0.5, 0.6) is 0 Å². The predicted octanol–water partition coefficient (Wildman–Crippen LogP) is 14.2. The summed E-state index contributed by atoms with van der Waals surface area (Å²) < 4.78 is 17.3. The second-order valence-corrected chi connectivity index (χ2v) is 17.3. The number of ether oxygens (including phenoxy) is 3. The van der Waals surface area contributed by atoms with Gasteiger partial charge in [0.2, 0.25) is 0 Å². The molecule has 0 aromatic heterocycles. The zero-order valence-electron chi connectivity index (χ0n) is 39.2. The molecule has 7 nitrogen and oxygen atoms in total. The molecule has 344 valence electrons. The Morgan fingerprint density at radius 3 is 1.39 bits per heavy atom. The minimum atomic E-state index is -0.166. The Labute approximate surface area is 365 Å². The molecule has 0 unspecified atom stereocenters. The van der Waals surface area contributed by atoms with E-state index >= 15 is 0 Å². The van der Waals surface area contributed by atoms with Crippen LogP contribution in [-0.4, -0.2) is 80.8 Å². The van der Waals surface area contributed by atoms with Gasteiger partial charge in [0.05, 0.1) is 12.2 Å². The van der Waals surface area contributed by atoms with Gasteiger partial charge in [0.25, 0.3) is 0 Å². The van der Waals surface area contributed by atoms with Crippen LogP contribution in [0.15, 0.2) is 36.6 Å². The molecule has 0 atom stereocenters. The summed E-state index contributed by atoms with van der Waals surface area (Å²) >= 11 is 0. The van der Waals surface area contributed by atoms with E-state index in [9.17, 15) is 9.59 Å². The van der Waals surface area contributed by atoms with E-state index in [1.807, 2.05) is 0 Å². The van der Waals surface area contributed by atoms with Crippen LogP contribution in [0.1, 0.15) is 226 Å². The molecule has 59 heavy (non-hydrogen) atoms. The van der Waals surface area contributed by atoms with Crippen LogP contribution in [0.3, 0.4) is 0 Å². The number of rotatable bonds is 43. The molecule has 0 N–H and O–H groups in total. The molecule has 1 aliphatic rings. The molecule has 1 fully saturated rings. The molecule has 0 spiro atoms. The summed E-state index contributed by atoms with van der Waals surface area (Å²) in [6.45, 7) is 14.8. The summed E-state index contributed by atoms with van der Waals surface area (Å²) in [5, 5.41) is 0. The molecule has 7 heteroatoms. The van der Waals surface area contributed by atoms with Gasteiger partial charge in [0.15, 0.2) is 0 Å². The van der Waals surface area contributed by atoms with E-state index < -0.39 is 0 Å². The lowest BCUT2D eigenvalue weighted by Gasteiger charge is -2.23. The van der Waals surface area contributed by atoms with Gasteiger partial charge in [-0.1, -0.05) is 160 Å². The lowest BCUT2D eigenvalue weighted by molar-refractivity contribution is -0.146. The van der Waals surface area contributed by atoms with Gasteiger partial charge in [0, 0.05) is 39.0 Å². The first-order valence-electron chi connectivity index (χ1n) is 25.4. The second kappa shape index (κ2) is 44.0.